The second-order valence-electron chi connectivity index (χ2n) is 2.55. The fraction of sp³-hybridized carbons (Fsp3) is 0. The van der Waals surface area contributed by atoms with E-state index in [-0.39, 0.29) is 5.63 Å². The van der Waals surface area contributed by atoms with E-state index in [1.807, 2.05) is 12.1 Å². The predicted molar refractivity (Wildman–Crippen MR) is 47.9 cm³/mol. The van der Waals surface area contributed by atoms with Crippen molar-refractivity contribution >= 4 is 39.9 Å². The first-order valence-electron chi connectivity index (χ1n) is 3.55. The monoisotopic (exact) mass is 350 g/mol. The Bertz CT molecular complexity index is 473. The van der Waals surface area contributed by atoms with Crippen molar-refractivity contribution in [2.24, 2.45) is 0 Å². The third-order valence-electron chi connectivity index (χ3n) is 1.64. The Hall–Kier alpha value is -0.648. The van der Waals surface area contributed by atoms with Crippen molar-refractivity contribution in [3.8, 4) is 0 Å². The van der Waals surface area contributed by atoms with Gasteiger partial charge >= 0.3 is 85.0 Å². The van der Waals surface area contributed by atoms with Crippen molar-refractivity contribution in [3.05, 3.63) is 40.8 Å². The maximum atomic E-state index is 10.8. The summed E-state index contributed by atoms with van der Waals surface area (Å²) in [5.41, 5.74) is 0.387. The molecule has 0 aliphatic carbocycles. The summed E-state index contributed by atoms with van der Waals surface area (Å²) in [4.78, 5) is 10.8. The number of hydrogen-bond donors (Lipinski definition) is 0. The summed E-state index contributed by atoms with van der Waals surface area (Å²) in [5, 5.41) is 1.01. The summed E-state index contributed by atoms with van der Waals surface area (Å²) >= 11 is 0.825. The third kappa shape index (κ3) is 1.43. The molecular formula is C9H5O2Tl. The molecule has 2 rings (SSSR count). The molecule has 0 saturated carbocycles. The molecule has 2 aromatic rings. The second kappa shape index (κ2) is 3.01. The standard InChI is InChI=1S/C9H5O2.Tl/c10-9-6-5-7-3-1-2-4-8(7)11-9;/h2-6H;. The van der Waals surface area contributed by atoms with Gasteiger partial charge in [-0.3, -0.25) is 0 Å². The molecule has 0 saturated heterocycles. The summed E-state index contributed by atoms with van der Waals surface area (Å²) in [5.74, 6) is 0. The minimum atomic E-state index is -0.286. The van der Waals surface area contributed by atoms with Crippen LogP contribution in [0.5, 0.6) is 0 Å². The number of benzene rings is 1. The summed E-state index contributed by atoms with van der Waals surface area (Å²) in [6, 6.07) is 9.16. The van der Waals surface area contributed by atoms with Crippen LogP contribution in [0.4, 0.5) is 0 Å². The van der Waals surface area contributed by atoms with Crippen LogP contribution in [0.25, 0.3) is 11.0 Å². The van der Waals surface area contributed by atoms with Crippen molar-refractivity contribution in [2.75, 3.05) is 0 Å². The molecule has 3 heteroatoms. The molecule has 0 bridgehead atoms. The molecule has 1 aromatic heterocycles. The van der Waals surface area contributed by atoms with Gasteiger partial charge in [0.05, 0.1) is 0 Å². The molecular weight excluding hydrogens is 344 g/mol. The van der Waals surface area contributed by atoms with Crippen LogP contribution in [0.3, 0.4) is 0 Å². The molecule has 0 unspecified atom stereocenters. The first-order chi connectivity index (χ1) is 5.75. The van der Waals surface area contributed by atoms with Crippen molar-refractivity contribution in [1.82, 2.24) is 0 Å². The van der Waals surface area contributed by atoms with Crippen LogP contribution in [-0.4, -0.2) is 25.8 Å². The van der Waals surface area contributed by atoms with E-state index in [1.54, 1.807) is 6.07 Å². The van der Waals surface area contributed by atoms with Gasteiger partial charge in [0.25, 0.3) is 0 Å². The number of fused-ring (bicyclic) bond motifs is 1. The Labute approximate surface area is 84.9 Å². The van der Waals surface area contributed by atoms with Gasteiger partial charge in [-0.2, -0.15) is 0 Å². The summed E-state index contributed by atoms with van der Waals surface area (Å²) < 4.78 is 6.31. The van der Waals surface area contributed by atoms with Crippen molar-refractivity contribution < 1.29 is 4.42 Å². The van der Waals surface area contributed by atoms with E-state index in [1.165, 1.54) is 9.19 Å². The molecule has 0 N–H and O–H groups in total. The van der Waals surface area contributed by atoms with Gasteiger partial charge in [0, 0.05) is 0 Å². The molecule has 0 atom stereocenters. The molecule has 0 spiro atoms. The van der Waals surface area contributed by atoms with Gasteiger partial charge in [0.15, 0.2) is 0 Å². The average Bonchev–Trinajstić information content (AvgIpc) is 2.05. The van der Waals surface area contributed by atoms with E-state index < -0.39 is 0 Å². The van der Waals surface area contributed by atoms with Crippen molar-refractivity contribution in [2.45, 2.75) is 0 Å². The SMILES string of the molecule is O=c1ccc2c[c]([Tl])ccc2o1. The Balaban J connectivity index is 2.87. The van der Waals surface area contributed by atoms with Crippen LogP contribution >= 0.6 is 0 Å². The average molecular weight is 350 g/mol. The van der Waals surface area contributed by atoms with Crippen LogP contribution < -0.4 is 8.75 Å². The Morgan fingerprint density at radius 1 is 1.17 bits per heavy atom. The maximum absolute atomic E-state index is 10.8. The fourth-order valence-electron chi connectivity index (χ4n) is 1.09. The van der Waals surface area contributed by atoms with Crippen LogP contribution in [0.15, 0.2) is 39.5 Å². The molecule has 2 nitrogen and oxygen atoms in total. The molecule has 0 fully saturated rings. The van der Waals surface area contributed by atoms with Gasteiger partial charge < -0.3 is 0 Å². The normalized spacial score (nSPS) is 10.2. The Morgan fingerprint density at radius 2 is 2.00 bits per heavy atom. The van der Waals surface area contributed by atoms with E-state index >= 15 is 0 Å². The summed E-state index contributed by atoms with van der Waals surface area (Å²) in [6.45, 7) is 0. The van der Waals surface area contributed by atoms with Crippen LogP contribution in [0, 0.1) is 0 Å². The van der Waals surface area contributed by atoms with E-state index in [0.29, 0.717) is 5.58 Å². The fourth-order valence-corrected chi connectivity index (χ4v) is 2.16. The zero-order valence-electron chi connectivity index (χ0n) is 6.28. The Kier molecular flexibility index (Phi) is 2.00. The van der Waals surface area contributed by atoms with Gasteiger partial charge in [0.2, 0.25) is 0 Å². The molecule has 0 aliphatic heterocycles. The minimum absolute atomic E-state index is 0.286. The van der Waals surface area contributed by atoms with Gasteiger partial charge in [-0.1, -0.05) is 0 Å². The molecule has 12 heavy (non-hydrogen) atoms. The van der Waals surface area contributed by atoms with Gasteiger partial charge in [-0.15, -0.1) is 0 Å². The van der Waals surface area contributed by atoms with Crippen LogP contribution in [-0.2, 0) is 0 Å². The van der Waals surface area contributed by atoms with E-state index in [4.69, 9.17) is 4.42 Å². The first kappa shape index (κ1) is 7.97. The second-order valence-corrected chi connectivity index (χ2v) is 5.14. The van der Waals surface area contributed by atoms with E-state index in [9.17, 15) is 4.79 Å². The number of hydrogen-bond acceptors (Lipinski definition) is 2. The van der Waals surface area contributed by atoms with Gasteiger partial charge in [-0.05, 0) is 0 Å². The number of rotatable bonds is 0. The van der Waals surface area contributed by atoms with Crippen molar-refractivity contribution in [1.29, 1.82) is 0 Å². The van der Waals surface area contributed by atoms with Gasteiger partial charge in [-0.25, -0.2) is 0 Å². The van der Waals surface area contributed by atoms with Crippen LogP contribution in [0.2, 0.25) is 0 Å². The zero-order chi connectivity index (χ0) is 8.55. The summed E-state index contributed by atoms with van der Waals surface area (Å²) in [7, 11) is 0. The molecule has 0 amide bonds. The molecule has 1 heterocycles. The molecule has 56 valence electrons. The topological polar surface area (TPSA) is 30.2 Å². The molecule has 1 aromatic carbocycles. The van der Waals surface area contributed by atoms with Crippen molar-refractivity contribution in [3.63, 3.8) is 0 Å². The Morgan fingerprint density at radius 3 is 2.83 bits per heavy atom. The molecule has 0 aliphatic rings. The third-order valence-corrected chi connectivity index (χ3v) is 3.04. The quantitative estimate of drug-likeness (QED) is 0.515. The van der Waals surface area contributed by atoms with Crippen LogP contribution in [0.1, 0.15) is 0 Å². The first-order valence-corrected chi connectivity index (χ1v) is 5.79. The summed E-state index contributed by atoms with van der Waals surface area (Å²) in [6.07, 6.45) is 0. The van der Waals surface area contributed by atoms with E-state index in [0.717, 1.165) is 31.2 Å². The van der Waals surface area contributed by atoms with Gasteiger partial charge in [0.1, 0.15) is 0 Å². The zero-order valence-corrected chi connectivity index (χ0v) is 10.8. The molecule has 0 radical (unpaired) electrons. The predicted octanol–water partition coefficient (Wildman–Crippen LogP) is 0.587. The van der Waals surface area contributed by atoms with E-state index in [2.05, 4.69) is 6.07 Å².